The van der Waals surface area contributed by atoms with E-state index >= 15 is 0 Å². The smallest absolute Gasteiger partial charge is 0.387 e. The number of esters is 1. The number of guanidine groups is 1. The maximum Gasteiger partial charge on any atom is 0.387 e. The highest BCUT2D eigenvalue weighted by Gasteiger charge is 2.16. The van der Waals surface area contributed by atoms with Crippen LogP contribution >= 0.6 is 0 Å². The first-order valence-electron chi connectivity index (χ1n) is 9.19. The highest BCUT2D eigenvalue weighted by atomic mass is 19.3. The number of nitrogens with zero attached hydrogens (tertiary/aromatic N) is 1. The van der Waals surface area contributed by atoms with Crippen molar-refractivity contribution >= 4 is 11.9 Å². The van der Waals surface area contributed by atoms with Crippen LogP contribution in [0.4, 0.5) is 8.78 Å². The van der Waals surface area contributed by atoms with Crippen molar-refractivity contribution in [3.8, 4) is 11.5 Å². The van der Waals surface area contributed by atoms with Crippen LogP contribution in [0.25, 0.3) is 0 Å². The van der Waals surface area contributed by atoms with Crippen LogP contribution in [0.5, 0.6) is 11.5 Å². The number of halogens is 2. The molecule has 0 bridgehead atoms. The Morgan fingerprint density at radius 2 is 2.00 bits per heavy atom. The Bertz CT molecular complexity index is 883. The zero-order chi connectivity index (χ0) is 22.1. The molecule has 0 radical (unpaired) electrons. The van der Waals surface area contributed by atoms with Crippen LogP contribution in [0, 0.1) is 6.92 Å². The van der Waals surface area contributed by atoms with Crippen molar-refractivity contribution in [3.05, 3.63) is 46.9 Å². The zero-order valence-corrected chi connectivity index (χ0v) is 17.3. The van der Waals surface area contributed by atoms with Gasteiger partial charge in [-0.05, 0) is 38.1 Å². The quantitative estimate of drug-likeness (QED) is 0.362. The second-order valence-electron chi connectivity index (χ2n) is 6.08. The first-order valence-corrected chi connectivity index (χ1v) is 9.19. The molecule has 10 heteroatoms. The van der Waals surface area contributed by atoms with E-state index in [1.165, 1.54) is 26.4 Å². The topological polar surface area (TPSA) is 94.3 Å². The Kier molecular flexibility index (Phi) is 8.45. The van der Waals surface area contributed by atoms with E-state index in [1.54, 1.807) is 19.1 Å². The highest BCUT2D eigenvalue weighted by molar-refractivity contribution is 5.90. The third-order valence-electron chi connectivity index (χ3n) is 4.04. The van der Waals surface area contributed by atoms with E-state index in [1.807, 2.05) is 6.92 Å². The number of rotatable bonds is 9. The predicted octanol–water partition coefficient (Wildman–Crippen LogP) is 3.24. The fourth-order valence-electron chi connectivity index (χ4n) is 2.64. The van der Waals surface area contributed by atoms with Crippen LogP contribution in [-0.2, 0) is 17.8 Å². The first-order chi connectivity index (χ1) is 14.4. The summed E-state index contributed by atoms with van der Waals surface area (Å²) < 4.78 is 45.3. The third-order valence-corrected chi connectivity index (χ3v) is 4.04. The average molecular weight is 425 g/mol. The van der Waals surface area contributed by atoms with Gasteiger partial charge < -0.3 is 29.3 Å². The van der Waals surface area contributed by atoms with Crippen molar-refractivity contribution in [3.63, 3.8) is 0 Å². The molecule has 30 heavy (non-hydrogen) atoms. The summed E-state index contributed by atoms with van der Waals surface area (Å²) in [4.78, 5) is 16.1. The monoisotopic (exact) mass is 425 g/mol. The lowest BCUT2D eigenvalue weighted by molar-refractivity contribution is -0.0504. The van der Waals surface area contributed by atoms with Gasteiger partial charge in [-0.3, -0.25) is 0 Å². The summed E-state index contributed by atoms with van der Waals surface area (Å²) in [5.41, 5.74) is 0.787. The highest BCUT2D eigenvalue weighted by Crippen LogP contribution is 2.26. The maximum absolute atomic E-state index is 12.7. The van der Waals surface area contributed by atoms with Gasteiger partial charge in [-0.2, -0.15) is 8.78 Å². The summed E-state index contributed by atoms with van der Waals surface area (Å²) in [5.74, 6) is 1.44. The van der Waals surface area contributed by atoms with E-state index in [0.29, 0.717) is 40.9 Å². The number of nitrogens with one attached hydrogen (secondary N) is 2. The van der Waals surface area contributed by atoms with Gasteiger partial charge in [0.2, 0.25) is 0 Å². The van der Waals surface area contributed by atoms with Gasteiger partial charge in [0, 0.05) is 12.1 Å². The molecular weight excluding hydrogens is 400 g/mol. The zero-order valence-electron chi connectivity index (χ0n) is 17.3. The van der Waals surface area contributed by atoms with Gasteiger partial charge in [0.1, 0.15) is 28.6 Å². The Morgan fingerprint density at radius 3 is 2.63 bits per heavy atom. The van der Waals surface area contributed by atoms with Crippen molar-refractivity contribution in [2.45, 2.75) is 33.5 Å². The van der Waals surface area contributed by atoms with E-state index < -0.39 is 12.6 Å². The maximum atomic E-state index is 12.7. The van der Waals surface area contributed by atoms with E-state index in [0.717, 1.165) is 0 Å². The molecule has 2 rings (SSSR count). The van der Waals surface area contributed by atoms with Crippen molar-refractivity contribution in [2.24, 2.45) is 4.99 Å². The molecule has 0 saturated carbocycles. The van der Waals surface area contributed by atoms with E-state index in [-0.39, 0.29) is 18.8 Å². The second kappa shape index (κ2) is 11.0. The van der Waals surface area contributed by atoms with Crippen molar-refractivity contribution < 1.29 is 32.2 Å². The van der Waals surface area contributed by atoms with Crippen LogP contribution in [0.1, 0.15) is 34.4 Å². The minimum Gasteiger partial charge on any atom is -0.497 e. The van der Waals surface area contributed by atoms with Crippen LogP contribution < -0.4 is 20.1 Å². The molecule has 1 heterocycles. The summed E-state index contributed by atoms with van der Waals surface area (Å²) in [5, 5.41) is 6.12. The van der Waals surface area contributed by atoms with E-state index in [2.05, 4.69) is 20.4 Å². The summed E-state index contributed by atoms with van der Waals surface area (Å²) >= 11 is 0. The molecule has 0 aliphatic heterocycles. The number of hydrogen-bond acceptors (Lipinski definition) is 6. The van der Waals surface area contributed by atoms with Gasteiger partial charge in [-0.1, -0.05) is 0 Å². The number of hydrogen-bond donors (Lipinski definition) is 2. The number of ether oxygens (including phenoxy) is 3. The fraction of sp³-hybridized carbons (Fsp3) is 0.400. The molecule has 0 amide bonds. The Balaban J connectivity index is 2.14. The first kappa shape index (κ1) is 23.0. The molecule has 0 saturated heterocycles. The minimum atomic E-state index is -2.95. The van der Waals surface area contributed by atoms with Crippen LogP contribution in [-0.4, -0.2) is 39.3 Å². The van der Waals surface area contributed by atoms with Gasteiger partial charge in [-0.15, -0.1) is 0 Å². The number of carbonyl (C=O) groups excluding carboxylic acids is 1. The summed E-state index contributed by atoms with van der Waals surface area (Å²) in [6.07, 6.45) is 0. The number of furan rings is 1. The Hall–Kier alpha value is -3.30. The molecule has 0 fully saturated rings. The van der Waals surface area contributed by atoms with Crippen molar-refractivity contribution in [2.75, 3.05) is 20.8 Å². The average Bonchev–Trinajstić information content (AvgIpc) is 3.10. The molecule has 8 nitrogen and oxygen atoms in total. The fourth-order valence-corrected chi connectivity index (χ4v) is 2.64. The Labute approximate surface area is 173 Å². The molecule has 2 aromatic rings. The molecule has 0 atom stereocenters. The number of benzene rings is 1. The lowest BCUT2D eigenvalue weighted by atomic mass is 10.2. The third kappa shape index (κ3) is 6.36. The number of aryl methyl sites for hydroxylation is 1. The predicted molar refractivity (Wildman–Crippen MR) is 106 cm³/mol. The van der Waals surface area contributed by atoms with Crippen LogP contribution in [0.3, 0.4) is 0 Å². The van der Waals surface area contributed by atoms with E-state index in [4.69, 9.17) is 13.9 Å². The molecule has 2 N–H and O–H groups in total. The summed E-state index contributed by atoms with van der Waals surface area (Å²) in [6.45, 7) is 1.51. The minimum absolute atomic E-state index is 0.0229. The summed E-state index contributed by atoms with van der Waals surface area (Å²) in [7, 11) is 2.78. The number of alkyl halides is 2. The van der Waals surface area contributed by atoms with Crippen LogP contribution in [0.2, 0.25) is 0 Å². The molecule has 1 aromatic carbocycles. The standard InChI is InChI=1S/C20H25F2N3O5/c1-5-23-20(25-11-15-9-16(12(2)29-15)18(26)28-4)24-10-13-8-14(27-3)6-7-17(13)30-19(21)22/h6-9,19H,5,10-11H2,1-4H3,(H2,23,24,25). The van der Waals surface area contributed by atoms with E-state index in [9.17, 15) is 13.6 Å². The molecule has 0 unspecified atom stereocenters. The molecule has 0 aliphatic rings. The normalized spacial score (nSPS) is 11.4. The number of aliphatic imine (C=N–C) groups is 1. The SMILES string of the molecule is CCNC(=NCc1cc(OC)ccc1OC(F)F)NCc1cc(C(=O)OC)c(C)o1. The second-order valence-corrected chi connectivity index (χ2v) is 6.08. The summed E-state index contributed by atoms with van der Waals surface area (Å²) in [6, 6.07) is 6.13. The van der Waals surface area contributed by atoms with Gasteiger partial charge in [0.25, 0.3) is 0 Å². The van der Waals surface area contributed by atoms with Crippen molar-refractivity contribution in [1.29, 1.82) is 0 Å². The molecule has 0 aliphatic carbocycles. The number of methoxy groups -OCH3 is 2. The molecule has 0 spiro atoms. The van der Waals surface area contributed by atoms with Crippen LogP contribution in [0.15, 0.2) is 33.7 Å². The van der Waals surface area contributed by atoms with Gasteiger partial charge in [-0.25, -0.2) is 9.79 Å². The van der Waals surface area contributed by atoms with Gasteiger partial charge in [0.15, 0.2) is 5.96 Å². The lowest BCUT2D eigenvalue weighted by Gasteiger charge is -2.13. The van der Waals surface area contributed by atoms with Gasteiger partial charge >= 0.3 is 12.6 Å². The number of carbonyl (C=O) groups is 1. The largest absolute Gasteiger partial charge is 0.497 e. The molecule has 164 valence electrons. The van der Waals surface area contributed by atoms with Gasteiger partial charge in [0.05, 0.1) is 27.3 Å². The lowest BCUT2D eigenvalue weighted by Crippen LogP contribution is -2.36. The Morgan fingerprint density at radius 1 is 1.23 bits per heavy atom. The molecular formula is C20H25F2N3O5. The van der Waals surface area contributed by atoms with Crippen molar-refractivity contribution in [1.82, 2.24) is 10.6 Å². The molecule has 1 aromatic heterocycles.